The van der Waals surface area contributed by atoms with Crippen LogP contribution < -0.4 is 14.9 Å². The van der Waals surface area contributed by atoms with E-state index < -0.39 is 22.0 Å². The van der Waals surface area contributed by atoms with Gasteiger partial charge < -0.3 is 15.0 Å². The number of halogens is 1. The summed E-state index contributed by atoms with van der Waals surface area (Å²) in [6.07, 6.45) is 0. The van der Waals surface area contributed by atoms with Crippen LogP contribution in [0.4, 0.5) is 11.4 Å². The van der Waals surface area contributed by atoms with Gasteiger partial charge in [-0.2, -0.15) is 4.72 Å². The number of nitrogens with zero attached hydrogens (tertiary/aromatic N) is 1. The summed E-state index contributed by atoms with van der Waals surface area (Å²) in [5.41, 5.74) is 1.68. The van der Waals surface area contributed by atoms with Gasteiger partial charge in [0.1, 0.15) is 6.04 Å². The molecule has 0 aliphatic carbocycles. The molecule has 1 aliphatic rings. The number of sulfonamides is 1. The lowest BCUT2D eigenvalue weighted by atomic mass is 10.0. The van der Waals surface area contributed by atoms with Gasteiger partial charge >= 0.3 is 0 Å². The third kappa shape index (κ3) is 5.81. The summed E-state index contributed by atoms with van der Waals surface area (Å²) in [5.74, 6) is -0.632. The smallest absolute Gasteiger partial charge is 0.242 e. The van der Waals surface area contributed by atoms with Crippen molar-refractivity contribution in [3.05, 3.63) is 53.0 Å². The Balaban J connectivity index is 1.68. The molecular formula is C21H26BrN3O4S. The fourth-order valence-corrected chi connectivity index (χ4v) is 4.75. The molecule has 0 spiro atoms. The molecule has 1 aliphatic heterocycles. The molecule has 0 saturated carbocycles. The van der Waals surface area contributed by atoms with E-state index >= 15 is 0 Å². The standard InChI is InChI=1S/C21H26BrN3O4S/c1-15(2)20(24-30(27,28)19-9-3-16(22)4-10-19)21(26)23-17-5-7-18(8-6-17)25-11-13-29-14-12-25/h3-10,15,20,24H,11-14H2,1-2H3,(H,23,26)/t20-/m1/s1. The zero-order valence-corrected chi connectivity index (χ0v) is 19.4. The van der Waals surface area contributed by atoms with Crippen LogP contribution in [0.15, 0.2) is 57.9 Å². The lowest BCUT2D eigenvalue weighted by Gasteiger charge is -2.29. The van der Waals surface area contributed by atoms with Gasteiger partial charge in [0.2, 0.25) is 15.9 Å². The van der Waals surface area contributed by atoms with Crippen molar-refractivity contribution in [1.29, 1.82) is 0 Å². The van der Waals surface area contributed by atoms with Gasteiger partial charge in [0.15, 0.2) is 0 Å². The van der Waals surface area contributed by atoms with E-state index in [1.54, 1.807) is 26.0 Å². The second-order valence-corrected chi connectivity index (χ2v) is 10.1. The second kappa shape index (κ2) is 9.91. The molecule has 2 N–H and O–H groups in total. The summed E-state index contributed by atoms with van der Waals surface area (Å²) in [6, 6.07) is 12.9. The Hall–Kier alpha value is -1.94. The van der Waals surface area contributed by atoms with Gasteiger partial charge in [-0.15, -0.1) is 0 Å². The highest BCUT2D eigenvalue weighted by Gasteiger charge is 2.28. The number of ether oxygens (including phenoxy) is 1. The predicted octanol–water partition coefficient (Wildman–Crippen LogP) is 3.23. The molecule has 9 heteroatoms. The van der Waals surface area contributed by atoms with Crippen LogP contribution in [-0.2, 0) is 19.6 Å². The molecule has 1 heterocycles. The Bertz CT molecular complexity index is 957. The van der Waals surface area contributed by atoms with Gasteiger partial charge in [0, 0.05) is 28.9 Å². The second-order valence-electron chi connectivity index (χ2n) is 7.43. The molecule has 0 radical (unpaired) electrons. The Kier molecular flexibility index (Phi) is 7.51. The maximum atomic E-state index is 12.8. The molecule has 7 nitrogen and oxygen atoms in total. The molecule has 0 bridgehead atoms. The molecule has 1 saturated heterocycles. The minimum atomic E-state index is -3.83. The molecule has 1 atom stereocenters. The van der Waals surface area contributed by atoms with E-state index in [-0.39, 0.29) is 10.8 Å². The maximum Gasteiger partial charge on any atom is 0.242 e. The van der Waals surface area contributed by atoms with Gasteiger partial charge in [0.05, 0.1) is 18.1 Å². The predicted molar refractivity (Wildman–Crippen MR) is 121 cm³/mol. The van der Waals surface area contributed by atoms with Crippen molar-refractivity contribution in [2.75, 3.05) is 36.5 Å². The molecule has 3 rings (SSSR count). The minimum absolute atomic E-state index is 0.110. The first kappa shape index (κ1) is 22.7. The molecule has 0 aromatic heterocycles. The average molecular weight is 496 g/mol. The summed E-state index contributed by atoms with van der Waals surface area (Å²) in [7, 11) is -3.83. The van der Waals surface area contributed by atoms with Gasteiger partial charge in [-0.1, -0.05) is 29.8 Å². The number of hydrogen-bond acceptors (Lipinski definition) is 5. The van der Waals surface area contributed by atoms with Crippen LogP contribution in [0.1, 0.15) is 13.8 Å². The molecule has 30 heavy (non-hydrogen) atoms. The first-order valence-corrected chi connectivity index (χ1v) is 12.1. The van der Waals surface area contributed by atoms with Gasteiger partial charge in [-0.05, 0) is 54.4 Å². The van der Waals surface area contributed by atoms with E-state index in [9.17, 15) is 13.2 Å². The van der Waals surface area contributed by atoms with Gasteiger partial charge in [0.25, 0.3) is 0 Å². The van der Waals surface area contributed by atoms with Crippen LogP contribution >= 0.6 is 15.9 Å². The fraction of sp³-hybridized carbons (Fsp3) is 0.381. The van der Waals surface area contributed by atoms with E-state index in [0.717, 1.165) is 23.2 Å². The van der Waals surface area contributed by atoms with E-state index in [0.29, 0.717) is 18.9 Å². The highest BCUT2D eigenvalue weighted by Crippen LogP contribution is 2.20. The number of nitrogens with one attached hydrogen (secondary N) is 2. The van der Waals surface area contributed by atoms with Crippen molar-refractivity contribution in [3.63, 3.8) is 0 Å². The number of rotatable bonds is 7. The molecule has 1 amide bonds. The number of carbonyl (C=O) groups excluding carboxylic acids is 1. The van der Waals surface area contributed by atoms with Crippen LogP contribution in [0.2, 0.25) is 0 Å². The SMILES string of the molecule is CC(C)[C@@H](NS(=O)(=O)c1ccc(Br)cc1)C(=O)Nc1ccc(N2CCOCC2)cc1. The molecule has 1 fully saturated rings. The van der Waals surface area contributed by atoms with E-state index in [2.05, 4.69) is 30.9 Å². The van der Waals surface area contributed by atoms with Crippen LogP contribution in [0, 0.1) is 5.92 Å². The molecular weight excluding hydrogens is 470 g/mol. The van der Waals surface area contributed by atoms with E-state index in [1.807, 2.05) is 24.3 Å². The largest absolute Gasteiger partial charge is 0.378 e. The van der Waals surface area contributed by atoms with Crippen LogP contribution in [0.25, 0.3) is 0 Å². The summed E-state index contributed by atoms with van der Waals surface area (Å²) in [6.45, 7) is 6.67. The van der Waals surface area contributed by atoms with Crippen molar-refractivity contribution in [2.24, 2.45) is 5.92 Å². The fourth-order valence-electron chi connectivity index (χ4n) is 3.14. The van der Waals surface area contributed by atoms with Crippen molar-refractivity contribution in [3.8, 4) is 0 Å². The third-order valence-corrected chi connectivity index (χ3v) is 6.85. The van der Waals surface area contributed by atoms with Crippen LogP contribution in [0.3, 0.4) is 0 Å². The first-order chi connectivity index (χ1) is 14.3. The number of morpholine rings is 1. The summed E-state index contributed by atoms with van der Waals surface area (Å²) in [5, 5.41) is 2.82. The highest BCUT2D eigenvalue weighted by molar-refractivity contribution is 9.10. The van der Waals surface area contributed by atoms with Crippen LogP contribution in [-0.4, -0.2) is 46.7 Å². The lowest BCUT2D eigenvalue weighted by molar-refractivity contribution is -0.118. The van der Waals surface area contributed by atoms with Gasteiger partial charge in [-0.25, -0.2) is 8.42 Å². The molecule has 162 valence electrons. The van der Waals surface area contributed by atoms with Crippen molar-refractivity contribution in [1.82, 2.24) is 4.72 Å². The number of hydrogen-bond donors (Lipinski definition) is 2. The number of amides is 1. The zero-order valence-electron chi connectivity index (χ0n) is 17.0. The zero-order chi connectivity index (χ0) is 21.7. The highest BCUT2D eigenvalue weighted by atomic mass is 79.9. The Labute approximate surface area is 186 Å². The minimum Gasteiger partial charge on any atom is -0.378 e. The Morgan fingerprint density at radius 1 is 1.03 bits per heavy atom. The van der Waals surface area contributed by atoms with E-state index in [4.69, 9.17) is 4.74 Å². The third-order valence-electron chi connectivity index (χ3n) is 4.87. The monoisotopic (exact) mass is 495 g/mol. The number of anilines is 2. The summed E-state index contributed by atoms with van der Waals surface area (Å²) < 4.78 is 34.1. The lowest BCUT2D eigenvalue weighted by Crippen LogP contribution is -2.47. The number of carbonyl (C=O) groups is 1. The van der Waals surface area contributed by atoms with Gasteiger partial charge in [-0.3, -0.25) is 4.79 Å². The Morgan fingerprint density at radius 3 is 2.20 bits per heavy atom. The quantitative estimate of drug-likeness (QED) is 0.615. The van der Waals surface area contributed by atoms with Crippen molar-refractivity contribution >= 4 is 43.2 Å². The van der Waals surface area contributed by atoms with Crippen molar-refractivity contribution < 1.29 is 17.9 Å². The molecule has 2 aromatic carbocycles. The summed E-state index contributed by atoms with van der Waals surface area (Å²) in [4.78, 5) is 15.2. The topological polar surface area (TPSA) is 87.7 Å². The van der Waals surface area contributed by atoms with Crippen molar-refractivity contribution in [2.45, 2.75) is 24.8 Å². The van der Waals surface area contributed by atoms with E-state index in [1.165, 1.54) is 12.1 Å². The maximum absolute atomic E-state index is 12.8. The first-order valence-electron chi connectivity index (χ1n) is 9.78. The average Bonchev–Trinajstić information content (AvgIpc) is 2.73. The molecule has 0 unspecified atom stereocenters. The number of benzene rings is 2. The summed E-state index contributed by atoms with van der Waals surface area (Å²) >= 11 is 3.29. The Morgan fingerprint density at radius 2 is 1.63 bits per heavy atom. The normalized spacial score (nSPS) is 15.8. The molecule has 2 aromatic rings. The van der Waals surface area contributed by atoms with Crippen LogP contribution in [0.5, 0.6) is 0 Å².